The number of rotatable bonds is 6. The molecule has 0 bridgehead atoms. The molecule has 1 fully saturated rings. The number of hydrogen-bond donors (Lipinski definition) is 2. The topological polar surface area (TPSA) is 80.0 Å². The summed E-state index contributed by atoms with van der Waals surface area (Å²) in [4.78, 5) is 18.1. The molecule has 1 aliphatic heterocycles. The normalized spacial score (nSPS) is 18.3. The van der Waals surface area contributed by atoms with Crippen molar-refractivity contribution in [1.82, 2.24) is 10.2 Å². The number of amides is 1. The van der Waals surface area contributed by atoms with E-state index in [-0.39, 0.29) is 5.91 Å². The van der Waals surface area contributed by atoms with Gasteiger partial charge in [0.1, 0.15) is 11.6 Å². The van der Waals surface area contributed by atoms with Crippen LogP contribution < -0.4 is 15.8 Å². The van der Waals surface area contributed by atoms with E-state index in [1.807, 2.05) is 29.2 Å². The summed E-state index contributed by atoms with van der Waals surface area (Å²) in [6.45, 7) is 3.79. The highest BCUT2D eigenvalue weighted by Crippen LogP contribution is 2.29. The first-order valence-corrected chi connectivity index (χ1v) is 8.77. The molecule has 6 heteroatoms. The number of nitrogens with two attached hydrogens (primary N) is 1. The summed E-state index contributed by atoms with van der Waals surface area (Å²) in [6, 6.07) is 7.48. The zero-order valence-electron chi connectivity index (χ0n) is 14.9. The molecule has 25 heavy (non-hydrogen) atoms. The molecule has 1 saturated carbocycles. The Morgan fingerprint density at radius 1 is 1.44 bits per heavy atom. The van der Waals surface area contributed by atoms with Crippen LogP contribution in [-0.2, 0) is 4.79 Å². The van der Waals surface area contributed by atoms with Crippen LogP contribution in [0.15, 0.2) is 40.5 Å². The van der Waals surface area contributed by atoms with Gasteiger partial charge in [0.05, 0.1) is 19.3 Å². The number of ether oxygens (including phenoxy) is 1. The van der Waals surface area contributed by atoms with Crippen molar-refractivity contribution in [2.24, 2.45) is 16.6 Å². The molecular weight excluding hydrogens is 316 g/mol. The second-order valence-electron chi connectivity index (χ2n) is 6.67. The van der Waals surface area contributed by atoms with Crippen molar-refractivity contribution in [2.45, 2.75) is 26.2 Å². The molecule has 0 unspecified atom stereocenters. The number of nitrogens with one attached hydrogen (secondary N) is 1. The van der Waals surface area contributed by atoms with Crippen molar-refractivity contribution in [1.29, 1.82) is 0 Å². The van der Waals surface area contributed by atoms with Gasteiger partial charge in [-0.05, 0) is 30.9 Å². The molecule has 1 amide bonds. The highest BCUT2D eigenvalue weighted by atomic mass is 16.5. The summed E-state index contributed by atoms with van der Waals surface area (Å²) in [5, 5.41) is 3.54. The molecule has 0 aromatic heterocycles. The smallest absolute Gasteiger partial charge is 0.219 e. The zero-order valence-corrected chi connectivity index (χ0v) is 14.9. The molecular formula is C19H26N4O2. The van der Waals surface area contributed by atoms with Crippen molar-refractivity contribution in [3.8, 4) is 5.75 Å². The average molecular weight is 342 g/mol. The monoisotopic (exact) mass is 342 g/mol. The third-order valence-electron chi connectivity index (χ3n) is 4.70. The summed E-state index contributed by atoms with van der Waals surface area (Å²) in [5.74, 6) is 2.03. The van der Waals surface area contributed by atoms with Crippen LogP contribution in [0.5, 0.6) is 5.75 Å². The third-order valence-corrected chi connectivity index (χ3v) is 4.70. The van der Waals surface area contributed by atoms with Gasteiger partial charge in [0, 0.05) is 43.8 Å². The molecule has 3 rings (SSSR count). The van der Waals surface area contributed by atoms with Gasteiger partial charge in [-0.3, -0.25) is 4.79 Å². The quantitative estimate of drug-likeness (QED) is 0.613. The van der Waals surface area contributed by atoms with Crippen molar-refractivity contribution >= 4 is 17.4 Å². The second kappa shape index (κ2) is 7.59. The van der Waals surface area contributed by atoms with E-state index >= 15 is 0 Å². The van der Waals surface area contributed by atoms with E-state index in [4.69, 9.17) is 10.5 Å². The predicted molar refractivity (Wildman–Crippen MR) is 98.9 cm³/mol. The fourth-order valence-electron chi connectivity index (χ4n) is 2.94. The lowest BCUT2D eigenvalue weighted by Crippen LogP contribution is -2.41. The van der Waals surface area contributed by atoms with E-state index in [2.05, 4.69) is 10.3 Å². The summed E-state index contributed by atoms with van der Waals surface area (Å²) in [6.07, 6.45) is 3.38. The fourth-order valence-corrected chi connectivity index (χ4v) is 2.94. The van der Waals surface area contributed by atoms with Gasteiger partial charge < -0.3 is 20.7 Å². The lowest BCUT2D eigenvalue weighted by atomic mass is 10.0. The van der Waals surface area contributed by atoms with Gasteiger partial charge in [-0.15, -0.1) is 0 Å². The number of carbonyl (C=O) groups is 1. The van der Waals surface area contributed by atoms with Gasteiger partial charge in [-0.2, -0.15) is 0 Å². The number of carbonyl (C=O) groups excluding carboxylic acids is 1. The van der Waals surface area contributed by atoms with Crippen LogP contribution in [0.25, 0.3) is 0 Å². The van der Waals surface area contributed by atoms with Crippen molar-refractivity contribution in [2.75, 3.05) is 26.7 Å². The van der Waals surface area contributed by atoms with Gasteiger partial charge in [0.25, 0.3) is 0 Å². The van der Waals surface area contributed by atoms with Gasteiger partial charge in [0.15, 0.2) is 0 Å². The Kier molecular flexibility index (Phi) is 5.26. The Hall–Kier alpha value is -2.50. The standard InChI is InChI=1S/C19H26N4O2/c1-13(24)23-9-8-18(21-11-14-6-7-14)17(12-23)19(20)22-15-4-3-5-16(10-15)25-2/h3-5,10,14,21H,6-9,11-12H2,1-2H3,(H2,20,22). The van der Waals surface area contributed by atoms with E-state index < -0.39 is 0 Å². The molecule has 6 nitrogen and oxygen atoms in total. The van der Waals surface area contributed by atoms with Crippen LogP contribution >= 0.6 is 0 Å². The number of amidine groups is 1. The molecule has 1 aliphatic carbocycles. The van der Waals surface area contributed by atoms with Crippen LogP contribution in [0, 0.1) is 5.92 Å². The highest BCUT2D eigenvalue weighted by Gasteiger charge is 2.26. The first-order chi connectivity index (χ1) is 12.1. The van der Waals surface area contributed by atoms with Gasteiger partial charge in [-0.1, -0.05) is 6.07 Å². The van der Waals surface area contributed by atoms with Crippen LogP contribution in [0.2, 0.25) is 0 Å². The summed E-state index contributed by atoms with van der Waals surface area (Å²) in [5.41, 5.74) is 9.10. The first kappa shape index (κ1) is 17.3. The minimum absolute atomic E-state index is 0.0629. The van der Waals surface area contributed by atoms with Gasteiger partial charge >= 0.3 is 0 Å². The van der Waals surface area contributed by atoms with E-state index in [0.29, 0.717) is 12.4 Å². The minimum Gasteiger partial charge on any atom is -0.497 e. The van der Waals surface area contributed by atoms with Crippen LogP contribution in [-0.4, -0.2) is 43.4 Å². The zero-order chi connectivity index (χ0) is 17.8. The molecule has 1 aromatic carbocycles. The molecule has 1 heterocycles. The Morgan fingerprint density at radius 2 is 2.24 bits per heavy atom. The minimum atomic E-state index is 0.0629. The summed E-state index contributed by atoms with van der Waals surface area (Å²) >= 11 is 0. The largest absolute Gasteiger partial charge is 0.497 e. The maximum atomic E-state index is 11.8. The molecule has 3 N–H and O–H groups in total. The summed E-state index contributed by atoms with van der Waals surface area (Å²) in [7, 11) is 1.63. The van der Waals surface area contributed by atoms with E-state index in [9.17, 15) is 4.79 Å². The Morgan fingerprint density at radius 3 is 2.92 bits per heavy atom. The van der Waals surface area contributed by atoms with Crippen LogP contribution in [0.3, 0.4) is 0 Å². The third kappa shape index (κ3) is 4.53. The molecule has 0 radical (unpaired) electrons. The van der Waals surface area contributed by atoms with Crippen molar-refractivity contribution in [3.63, 3.8) is 0 Å². The molecule has 0 atom stereocenters. The molecule has 2 aliphatic rings. The number of nitrogens with zero attached hydrogens (tertiary/aromatic N) is 2. The lowest BCUT2D eigenvalue weighted by Gasteiger charge is -2.30. The SMILES string of the molecule is COc1cccc(N=C(N)C2=C(NCC3CC3)CCN(C(C)=O)C2)c1. The van der Waals surface area contributed by atoms with E-state index in [0.717, 1.165) is 48.1 Å². The predicted octanol–water partition coefficient (Wildman–Crippen LogP) is 2.19. The molecule has 134 valence electrons. The Balaban J connectivity index is 1.85. The van der Waals surface area contributed by atoms with Crippen molar-refractivity contribution < 1.29 is 9.53 Å². The number of hydrogen-bond acceptors (Lipinski definition) is 4. The maximum absolute atomic E-state index is 11.8. The fraction of sp³-hybridized carbons (Fsp3) is 0.474. The number of methoxy groups -OCH3 is 1. The number of aliphatic imine (C=N–C) groups is 1. The maximum Gasteiger partial charge on any atom is 0.219 e. The molecule has 0 spiro atoms. The second-order valence-corrected chi connectivity index (χ2v) is 6.67. The van der Waals surface area contributed by atoms with Crippen LogP contribution in [0.1, 0.15) is 26.2 Å². The van der Waals surface area contributed by atoms with Gasteiger partial charge in [0.2, 0.25) is 5.91 Å². The van der Waals surface area contributed by atoms with Crippen molar-refractivity contribution in [3.05, 3.63) is 35.5 Å². The average Bonchev–Trinajstić information content (AvgIpc) is 3.44. The highest BCUT2D eigenvalue weighted by molar-refractivity contribution is 6.00. The molecule has 0 saturated heterocycles. The van der Waals surface area contributed by atoms with Crippen LogP contribution in [0.4, 0.5) is 5.69 Å². The van der Waals surface area contributed by atoms with E-state index in [1.165, 1.54) is 12.8 Å². The summed E-state index contributed by atoms with van der Waals surface area (Å²) < 4.78 is 5.24. The number of benzene rings is 1. The first-order valence-electron chi connectivity index (χ1n) is 8.77. The Bertz CT molecular complexity index is 707. The Labute approximate surface area is 148 Å². The van der Waals surface area contributed by atoms with E-state index in [1.54, 1.807) is 14.0 Å². The molecule has 1 aromatic rings. The van der Waals surface area contributed by atoms with Gasteiger partial charge in [-0.25, -0.2) is 4.99 Å². The lowest BCUT2D eigenvalue weighted by molar-refractivity contribution is -0.128.